The first-order valence-corrected chi connectivity index (χ1v) is 5.98. The van der Waals surface area contributed by atoms with E-state index in [1.807, 2.05) is 5.43 Å². The number of nitrogens with zero attached hydrogens (tertiary/aromatic N) is 1. The smallest absolute Gasteiger partial charge is 0.301 e. The summed E-state index contributed by atoms with van der Waals surface area (Å²) >= 11 is 0. The van der Waals surface area contributed by atoms with Gasteiger partial charge in [0.15, 0.2) is 5.76 Å². The van der Waals surface area contributed by atoms with E-state index >= 15 is 0 Å². The Labute approximate surface area is 119 Å². The summed E-state index contributed by atoms with van der Waals surface area (Å²) in [6.07, 6.45) is 0. The number of ether oxygens (including phenoxy) is 1. The third-order valence-corrected chi connectivity index (χ3v) is 2.72. The van der Waals surface area contributed by atoms with E-state index in [2.05, 4.69) is 0 Å². The molecule has 0 aliphatic carbocycles. The van der Waals surface area contributed by atoms with E-state index in [0.29, 0.717) is 17.1 Å². The standard InChI is InChI=1S/C13H13N3O5/c1-8-5-11(21-12(8)13(17)15-14)7-20-10-4-2-3-9(6-10)16(18)19/h2-6H,7,14H2,1H3,(H,15,17). The maximum absolute atomic E-state index is 11.4. The number of carbonyl (C=O) groups excluding carboxylic acids is 1. The van der Waals surface area contributed by atoms with E-state index in [0.717, 1.165) is 0 Å². The van der Waals surface area contributed by atoms with Crippen LogP contribution in [-0.2, 0) is 6.61 Å². The van der Waals surface area contributed by atoms with Gasteiger partial charge in [0.1, 0.15) is 18.1 Å². The number of hydrogen-bond donors (Lipinski definition) is 2. The van der Waals surface area contributed by atoms with E-state index in [-0.39, 0.29) is 18.1 Å². The van der Waals surface area contributed by atoms with Gasteiger partial charge in [-0.25, -0.2) is 5.84 Å². The molecule has 110 valence electrons. The first-order valence-electron chi connectivity index (χ1n) is 5.98. The van der Waals surface area contributed by atoms with Crippen LogP contribution in [-0.4, -0.2) is 10.8 Å². The Morgan fingerprint density at radius 2 is 2.24 bits per heavy atom. The van der Waals surface area contributed by atoms with Gasteiger partial charge < -0.3 is 9.15 Å². The van der Waals surface area contributed by atoms with Crippen LogP contribution >= 0.6 is 0 Å². The number of amides is 1. The largest absolute Gasteiger partial charge is 0.485 e. The predicted molar refractivity (Wildman–Crippen MR) is 72.5 cm³/mol. The zero-order chi connectivity index (χ0) is 15.4. The van der Waals surface area contributed by atoms with E-state index in [1.54, 1.807) is 19.1 Å². The second kappa shape index (κ2) is 6.06. The van der Waals surface area contributed by atoms with Crippen molar-refractivity contribution in [3.05, 3.63) is 57.5 Å². The van der Waals surface area contributed by atoms with Gasteiger partial charge in [0.2, 0.25) is 0 Å². The number of carbonyl (C=O) groups is 1. The Bertz CT molecular complexity index is 680. The van der Waals surface area contributed by atoms with Gasteiger partial charge in [-0.1, -0.05) is 6.07 Å². The van der Waals surface area contributed by atoms with Crippen molar-refractivity contribution in [2.75, 3.05) is 0 Å². The number of hydrazine groups is 1. The normalized spacial score (nSPS) is 10.2. The van der Waals surface area contributed by atoms with Gasteiger partial charge >= 0.3 is 5.91 Å². The molecule has 0 bridgehead atoms. The molecule has 1 heterocycles. The zero-order valence-electron chi connectivity index (χ0n) is 11.2. The molecule has 0 fully saturated rings. The number of nitrogen functional groups attached to an aromatic ring is 1. The second-order valence-corrected chi connectivity index (χ2v) is 4.24. The number of aryl methyl sites for hydroxylation is 1. The summed E-state index contributed by atoms with van der Waals surface area (Å²) in [5, 5.41) is 10.7. The Morgan fingerprint density at radius 1 is 1.48 bits per heavy atom. The molecule has 1 aromatic carbocycles. The summed E-state index contributed by atoms with van der Waals surface area (Å²) < 4.78 is 10.7. The molecule has 1 aromatic heterocycles. The van der Waals surface area contributed by atoms with Crippen molar-refractivity contribution in [2.45, 2.75) is 13.5 Å². The molecule has 0 spiro atoms. The number of nitro groups is 1. The molecule has 21 heavy (non-hydrogen) atoms. The van der Waals surface area contributed by atoms with Gasteiger partial charge in [-0.2, -0.15) is 0 Å². The Hall–Kier alpha value is -2.87. The molecule has 8 nitrogen and oxygen atoms in total. The van der Waals surface area contributed by atoms with Crippen molar-refractivity contribution < 1.29 is 18.9 Å². The Kier molecular flexibility index (Phi) is 4.19. The highest BCUT2D eigenvalue weighted by molar-refractivity contribution is 5.92. The fraction of sp³-hybridized carbons (Fsp3) is 0.154. The lowest BCUT2D eigenvalue weighted by molar-refractivity contribution is -0.384. The van der Waals surface area contributed by atoms with Crippen LogP contribution in [0.4, 0.5) is 5.69 Å². The van der Waals surface area contributed by atoms with Crippen LogP contribution in [0.1, 0.15) is 21.9 Å². The maximum atomic E-state index is 11.4. The summed E-state index contributed by atoms with van der Waals surface area (Å²) in [6, 6.07) is 7.43. The summed E-state index contributed by atoms with van der Waals surface area (Å²) in [5.74, 6) is 5.36. The number of hydrogen-bond acceptors (Lipinski definition) is 6. The van der Waals surface area contributed by atoms with Crippen LogP contribution in [0.25, 0.3) is 0 Å². The first-order chi connectivity index (χ1) is 10.0. The van der Waals surface area contributed by atoms with Crippen molar-refractivity contribution >= 4 is 11.6 Å². The van der Waals surface area contributed by atoms with Gasteiger partial charge in [-0.3, -0.25) is 20.3 Å². The van der Waals surface area contributed by atoms with Crippen LogP contribution in [0, 0.1) is 17.0 Å². The number of nitro benzene ring substituents is 1. The Balaban J connectivity index is 2.08. The van der Waals surface area contributed by atoms with E-state index in [1.165, 1.54) is 18.2 Å². The minimum atomic E-state index is -0.533. The van der Waals surface area contributed by atoms with Crippen molar-refractivity contribution in [3.63, 3.8) is 0 Å². The summed E-state index contributed by atoms with van der Waals surface area (Å²) in [6.45, 7) is 1.74. The summed E-state index contributed by atoms with van der Waals surface area (Å²) in [5.41, 5.74) is 2.54. The van der Waals surface area contributed by atoms with Crippen LogP contribution in [0.2, 0.25) is 0 Å². The molecule has 0 saturated heterocycles. The Morgan fingerprint density at radius 3 is 2.90 bits per heavy atom. The lowest BCUT2D eigenvalue weighted by Crippen LogP contribution is -2.30. The summed E-state index contributed by atoms with van der Waals surface area (Å²) in [7, 11) is 0. The first kappa shape index (κ1) is 14.5. The average molecular weight is 291 g/mol. The minimum Gasteiger partial charge on any atom is -0.485 e. The quantitative estimate of drug-likeness (QED) is 0.374. The van der Waals surface area contributed by atoms with Gasteiger partial charge in [0, 0.05) is 11.6 Å². The SMILES string of the molecule is Cc1cc(COc2cccc([N+](=O)[O-])c2)oc1C(=O)NN. The molecule has 0 aliphatic rings. The fourth-order valence-electron chi connectivity index (χ4n) is 1.75. The van der Waals surface area contributed by atoms with Crippen molar-refractivity contribution in [1.29, 1.82) is 0 Å². The molecular formula is C13H13N3O5. The second-order valence-electron chi connectivity index (χ2n) is 4.24. The third kappa shape index (κ3) is 3.37. The number of rotatable bonds is 5. The minimum absolute atomic E-state index is 0.0415. The highest BCUT2D eigenvalue weighted by Gasteiger charge is 2.15. The lowest BCUT2D eigenvalue weighted by atomic mass is 10.2. The molecule has 0 radical (unpaired) electrons. The number of non-ortho nitro benzene ring substituents is 1. The zero-order valence-corrected chi connectivity index (χ0v) is 11.2. The highest BCUT2D eigenvalue weighted by Crippen LogP contribution is 2.21. The summed E-state index contributed by atoms with van der Waals surface area (Å²) in [4.78, 5) is 21.5. The van der Waals surface area contributed by atoms with Crippen molar-refractivity contribution in [1.82, 2.24) is 5.43 Å². The molecule has 2 rings (SSSR count). The maximum Gasteiger partial charge on any atom is 0.301 e. The number of benzene rings is 1. The van der Waals surface area contributed by atoms with Crippen molar-refractivity contribution in [3.8, 4) is 5.75 Å². The van der Waals surface area contributed by atoms with Crippen LogP contribution in [0.5, 0.6) is 5.75 Å². The molecule has 0 atom stereocenters. The van der Waals surface area contributed by atoms with Gasteiger partial charge in [0.25, 0.3) is 5.69 Å². The van der Waals surface area contributed by atoms with E-state index < -0.39 is 10.8 Å². The van der Waals surface area contributed by atoms with Gasteiger partial charge in [-0.15, -0.1) is 0 Å². The topological polar surface area (TPSA) is 121 Å². The monoisotopic (exact) mass is 291 g/mol. The molecule has 0 aliphatic heterocycles. The molecule has 0 unspecified atom stereocenters. The van der Waals surface area contributed by atoms with E-state index in [4.69, 9.17) is 15.0 Å². The van der Waals surface area contributed by atoms with Gasteiger partial charge in [-0.05, 0) is 19.1 Å². The fourth-order valence-corrected chi connectivity index (χ4v) is 1.75. The molecule has 0 saturated carbocycles. The van der Waals surface area contributed by atoms with Crippen LogP contribution in [0.15, 0.2) is 34.7 Å². The van der Waals surface area contributed by atoms with Crippen LogP contribution < -0.4 is 16.0 Å². The number of nitrogens with two attached hydrogens (primary N) is 1. The predicted octanol–water partition coefficient (Wildman–Crippen LogP) is 1.68. The molecule has 3 N–H and O–H groups in total. The molecule has 2 aromatic rings. The third-order valence-electron chi connectivity index (χ3n) is 2.72. The lowest BCUT2D eigenvalue weighted by Gasteiger charge is -2.03. The number of furan rings is 1. The average Bonchev–Trinajstić information content (AvgIpc) is 2.85. The van der Waals surface area contributed by atoms with E-state index in [9.17, 15) is 14.9 Å². The molecule has 1 amide bonds. The van der Waals surface area contributed by atoms with Crippen LogP contribution in [0.3, 0.4) is 0 Å². The van der Waals surface area contributed by atoms with Gasteiger partial charge in [0.05, 0.1) is 11.0 Å². The number of nitrogens with one attached hydrogen (secondary N) is 1. The molecule has 8 heteroatoms. The highest BCUT2D eigenvalue weighted by atomic mass is 16.6. The van der Waals surface area contributed by atoms with Crippen molar-refractivity contribution in [2.24, 2.45) is 5.84 Å². The molecular weight excluding hydrogens is 278 g/mol.